The van der Waals surface area contributed by atoms with Gasteiger partial charge in [0.25, 0.3) is 0 Å². The van der Waals surface area contributed by atoms with Crippen molar-refractivity contribution in [3.63, 3.8) is 0 Å². The van der Waals surface area contributed by atoms with Crippen LogP contribution in [0.2, 0.25) is 0 Å². The first-order valence-electron chi connectivity index (χ1n) is 3.10. The third-order valence-electron chi connectivity index (χ3n) is 1.54. The van der Waals surface area contributed by atoms with Gasteiger partial charge in [0, 0.05) is 0 Å². The van der Waals surface area contributed by atoms with E-state index >= 15 is 0 Å². The minimum Gasteiger partial charge on any atom is -0.392 e. The SMILES string of the molecule is CC(O)C1C=CCS1(=O)=O. The van der Waals surface area contributed by atoms with E-state index < -0.39 is 21.2 Å². The normalized spacial score (nSPS) is 32.4. The van der Waals surface area contributed by atoms with Crippen molar-refractivity contribution in [3.05, 3.63) is 12.2 Å². The summed E-state index contributed by atoms with van der Waals surface area (Å²) < 4.78 is 22.0. The molecule has 0 fully saturated rings. The van der Waals surface area contributed by atoms with Crippen molar-refractivity contribution < 1.29 is 13.5 Å². The van der Waals surface area contributed by atoms with Gasteiger partial charge in [-0.05, 0) is 6.92 Å². The molecule has 0 spiro atoms. The highest BCUT2D eigenvalue weighted by molar-refractivity contribution is 7.92. The lowest BCUT2D eigenvalue weighted by molar-refractivity contribution is 0.201. The van der Waals surface area contributed by atoms with E-state index in [1.54, 1.807) is 12.2 Å². The number of aliphatic hydroxyl groups excluding tert-OH is 1. The van der Waals surface area contributed by atoms with Gasteiger partial charge in [0.2, 0.25) is 0 Å². The van der Waals surface area contributed by atoms with Gasteiger partial charge in [-0.1, -0.05) is 12.2 Å². The van der Waals surface area contributed by atoms with E-state index in [0.29, 0.717) is 0 Å². The molecular weight excluding hydrogens is 152 g/mol. The highest BCUT2D eigenvalue weighted by Gasteiger charge is 2.30. The van der Waals surface area contributed by atoms with Gasteiger partial charge < -0.3 is 5.11 Å². The maximum Gasteiger partial charge on any atom is 0.162 e. The second-order valence-corrected chi connectivity index (χ2v) is 4.67. The van der Waals surface area contributed by atoms with Crippen molar-refractivity contribution >= 4 is 9.84 Å². The summed E-state index contributed by atoms with van der Waals surface area (Å²) in [6, 6.07) is 0. The summed E-state index contributed by atoms with van der Waals surface area (Å²) in [5, 5.41) is 8.28. The zero-order chi connectivity index (χ0) is 7.78. The molecule has 0 aromatic rings. The van der Waals surface area contributed by atoms with Crippen LogP contribution in [0.25, 0.3) is 0 Å². The molecule has 58 valence electrons. The van der Waals surface area contributed by atoms with E-state index in [2.05, 4.69) is 0 Å². The van der Waals surface area contributed by atoms with E-state index in [0.717, 1.165) is 0 Å². The number of aliphatic hydroxyl groups is 1. The summed E-state index contributed by atoms with van der Waals surface area (Å²) in [5.41, 5.74) is 0. The van der Waals surface area contributed by atoms with Gasteiger partial charge in [-0.15, -0.1) is 0 Å². The molecule has 1 rings (SSSR count). The summed E-state index contributed by atoms with van der Waals surface area (Å²) in [4.78, 5) is 0. The molecule has 0 aliphatic carbocycles. The summed E-state index contributed by atoms with van der Waals surface area (Å²) in [6.07, 6.45) is 2.33. The van der Waals surface area contributed by atoms with Crippen LogP contribution < -0.4 is 0 Å². The van der Waals surface area contributed by atoms with Crippen molar-refractivity contribution in [2.75, 3.05) is 5.75 Å². The minimum absolute atomic E-state index is 0.0720. The van der Waals surface area contributed by atoms with Gasteiger partial charge in [-0.2, -0.15) is 0 Å². The summed E-state index contributed by atoms with van der Waals surface area (Å²) in [7, 11) is -3.05. The molecule has 0 bridgehead atoms. The zero-order valence-electron chi connectivity index (χ0n) is 5.69. The Morgan fingerprint density at radius 1 is 1.70 bits per heavy atom. The van der Waals surface area contributed by atoms with E-state index in [9.17, 15) is 8.42 Å². The number of sulfone groups is 1. The van der Waals surface area contributed by atoms with Crippen LogP contribution in [0.5, 0.6) is 0 Å². The van der Waals surface area contributed by atoms with Crippen molar-refractivity contribution in [2.24, 2.45) is 0 Å². The largest absolute Gasteiger partial charge is 0.392 e. The van der Waals surface area contributed by atoms with Gasteiger partial charge in [-0.25, -0.2) is 8.42 Å². The van der Waals surface area contributed by atoms with Crippen LogP contribution in [0.1, 0.15) is 6.92 Å². The maximum atomic E-state index is 11.0. The molecule has 3 nitrogen and oxygen atoms in total. The Bertz CT molecular complexity index is 238. The van der Waals surface area contributed by atoms with Crippen LogP contribution in [0, 0.1) is 0 Å². The standard InChI is InChI=1S/C6H10O3S/c1-5(7)6-3-2-4-10(6,8)9/h2-3,5-7H,4H2,1H3. The lowest BCUT2D eigenvalue weighted by atomic mass is 10.3. The predicted octanol–water partition coefficient (Wildman–Crippen LogP) is -0.280. The molecule has 0 aromatic carbocycles. The third-order valence-corrected chi connectivity index (χ3v) is 3.58. The smallest absolute Gasteiger partial charge is 0.162 e. The second-order valence-electron chi connectivity index (χ2n) is 2.46. The molecule has 4 heteroatoms. The molecule has 1 heterocycles. The van der Waals surface area contributed by atoms with Crippen LogP contribution in [-0.4, -0.2) is 30.6 Å². The average molecular weight is 162 g/mol. The fourth-order valence-corrected chi connectivity index (χ4v) is 2.57. The van der Waals surface area contributed by atoms with Gasteiger partial charge in [0.05, 0.1) is 11.9 Å². The summed E-state index contributed by atoms with van der Waals surface area (Å²) in [5.74, 6) is 0.0720. The van der Waals surface area contributed by atoms with Crippen LogP contribution in [-0.2, 0) is 9.84 Å². The van der Waals surface area contributed by atoms with E-state index in [-0.39, 0.29) is 5.75 Å². The second kappa shape index (κ2) is 2.36. The van der Waals surface area contributed by atoms with Gasteiger partial charge >= 0.3 is 0 Å². The number of rotatable bonds is 1. The Morgan fingerprint density at radius 2 is 2.30 bits per heavy atom. The van der Waals surface area contributed by atoms with Crippen molar-refractivity contribution in [2.45, 2.75) is 18.3 Å². The highest BCUT2D eigenvalue weighted by Crippen LogP contribution is 2.15. The molecular formula is C6H10O3S. The van der Waals surface area contributed by atoms with Gasteiger partial charge in [0.1, 0.15) is 5.25 Å². The Kier molecular flexibility index (Phi) is 1.83. The fourth-order valence-electron chi connectivity index (χ4n) is 1.02. The molecule has 0 amide bonds. The monoisotopic (exact) mass is 162 g/mol. The molecule has 1 aliphatic heterocycles. The lowest BCUT2D eigenvalue weighted by Gasteiger charge is -2.09. The highest BCUT2D eigenvalue weighted by atomic mass is 32.2. The fraction of sp³-hybridized carbons (Fsp3) is 0.667. The molecule has 10 heavy (non-hydrogen) atoms. The Hall–Kier alpha value is -0.350. The molecule has 1 N–H and O–H groups in total. The maximum absolute atomic E-state index is 11.0. The third kappa shape index (κ3) is 1.22. The first-order chi connectivity index (χ1) is 4.54. The summed E-state index contributed by atoms with van der Waals surface area (Å²) >= 11 is 0. The molecule has 0 radical (unpaired) electrons. The van der Waals surface area contributed by atoms with Crippen LogP contribution in [0.15, 0.2) is 12.2 Å². The van der Waals surface area contributed by atoms with Crippen molar-refractivity contribution in [1.82, 2.24) is 0 Å². The Balaban J connectivity index is 2.88. The van der Waals surface area contributed by atoms with Crippen molar-refractivity contribution in [1.29, 1.82) is 0 Å². The van der Waals surface area contributed by atoms with Crippen molar-refractivity contribution in [3.8, 4) is 0 Å². The molecule has 0 aromatic heterocycles. The number of hydrogen-bond donors (Lipinski definition) is 1. The van der Waals surface area contributed by atoms with E-state index in [1.807, 2.05) is 0 Å². The van der Waals surface area contributed by atoms with E-state index in [1.165, 1.54) is 6.92 Å². The van der Waals surface area contributed by atoms with E-state index in [4.69, 9.17) is 5.11 Å². The first kappa shape index (κ1) is 7.75. The lowest BCUT2D eigenvalue weighted by Crippen LogP contribution is -2.27. The minimum atomic E-state index is -3.05. The number of hydrogen-bond acceptors (Lipinski definition) is 3. The van der Waals surface area contributed by atoms with Crippen LogP contribution in [0.4, 0.5) is 0 Å². The molecule has 0 saturated heterocycles. The topological polar surface area (TPSA) is 54.4 Å². The molecule has 1 aliphatic rings. The molecule has 0 saturated carbocycles. The van der Waals surface area contributed by atoms with Gasteiger partial charge in [-0.3, -0.25) is 0 Å². The predicted molar refractivity (Wildman–Crippen MR) is 38.4 cm³/mol. The van der Waals surface area contributed by atoms with Crippen LogP contribution in [0.3, 0.4) is 0 Å². The Labute approximate surface area is 60.3 Å². The quantitative estimate of drug-likeness (QED) is 0.539. The molecule has 2 atom stereocenters. The molecule has 2 unspecified atom stereocenters. The van der Waals surface area contributed by atoms with Crippen LogP contribution >= 0.6 is 0 Å². The first-order valence-corrected chi connectivity index (χ1v) is 4.82. The average Bonchev–Trinajstić information content (AvgIpc) is 2.08. The summed E-state index contributed by atoms with van der Waals surface area (Å²) in [6.45, 7) is 1.48. The Morgan fingerprint density at radius 3 is 2.50 bits per heavy atom. The zero-order valence-corrected chi connectivity index (χ0v) is 6.50. The van der Waals surface area contributed by atoms with Gasteiger partial charge in [0.15, 0.2) is 9.84 Å².